The van der Waals surface area contributed by atoms with Crippen LogP contribution in [0.1, 0.15) is 51.9 Å². The SMILES string of the molecule is CC1CC(=O)C2CC3CCCCC3CC12. The van der Waals surface area contributed by atoms with Crippen LogP contribution in [0.25, 0.3) is 0 Å². The number of carbonyl (C=O) groups excluding carboxylic acids is 1. The molecule has 3 fully saturated rings. The second kappa shape index (κ2) is 3.61. The summed E-state index contributed by atoms with van der Waals surface area (Å²) < 4.78 is 0. The third-order valence-electron chi connectivity index (χ3n) is 5.38. The molecule has 0 aromatic rings. The number of carbonyl (C=O) groups is 1. The second-order valence-electron chi connectivity index (χ2n) is 6.19. The molecule has 0 aromatic carbocycles. The summed E-state index contributed by atoms with van der Waals surface area (Å²) in [5.74, 6) is 4.40. The van der Waals surface area contributed by atoms with Gasteiger partial charge in [-0.05, 0) is 36.5 Å². The van der Waals surface area contributed by atoms with Crippen LogP contribution in [0.15, 0.2) is 0 Å². The Labute approximate surface area is 92.6 Å². The summed E-state index contributed by atoms with van der Waals surface area (Å²) in [6.07, 6.45) is 9.24. The van der Waals surface area contributed by atoms with Crippen LogP contribution in [0.2, 0.25) is 0 Å². The number of hydrogen-bond acceptors (Lipinski definition) is 1. The number of rotatable bonds is 0. The molecule has 0 radical (unpaired) electrons. The summed E-state index contributed by atoms with van der Waals surface area (Å²) in [5, 5.41) is 0. The summed E-state index contributed by atoms with van der Waals surface area (Å²) in [6.45, 7) is 2.30. The molecule has 0 N–H and O–H groups in total. The summed E-state index contributed by atoms with van der Waals surface area (Å²) >= 11 is 0. The van der Waals surface area contributed by atoms with Crippen LogP contribution in [0.4, 0.5) is 0 Å². The Morgan fingerprint density at radius 3 is 2.47 bits per heavy atom. The van der Waals surface area contributed by atoms with Gasteiger partial charge < -0.3 is 0 Å². The van der Waals surface area contributed by atoms with Crippen LogP contribution >= 0.6 is 0 Å². The molecule has 3 aliphatic rings. The van der Waals surface area contributed by atoms with Crippen LogP contribution in [0.5, 0.6) is 0 Å². The van der Waals surface area contributed by atoms with Crippen molar-refractivity contribution in [2.24, 2.45) is 29.6 Å². The van der Waals surface area contributed by atoms with E-state index in [1.54, 1.807) is 0 Å². The summed E-state index contributed by atoms with van der Waals surface area (Å²) in [7, 11) is 0. The van der Waals surface area contributed by atoms with Gasteiger partial charge in [-0.1, -0.05) is 32.6 Å². The van der Waals surface area contributed by atoms with Crippen molar-refractivity contribution in [2.75, 3.05) is 0 Å². The molecule has 1 nitrogen and oxygen atoms in total. The van der Waals surface area contributed by atoms with E-state index in [4.69, 9.17) is 0 Å². The van der Waals surface area contributed by atoms with Gasteiger partial charge in [0, 0.05) is 12.3 Å². The fourth-order valence-electron chi connectivity index (χ4n) is 4.54. The van der Waals surface area contributed by atoms with Crippen molar-refractivity contribution in [2.45, 2.75) is 51.9 Å². The maximum Gasteiger partial charge on any atom is 0.136 e. The first kappa shape index (κ1) is 9.86. The van der Waals surface area contributed by atoms with Gasteiger partial charge in [-0.3, -0.25) is 4.79 Å². The minimum Gasteiger partial charge on any atom is -0.299 e. The molecular weight excluding hydrogens is 184 g/mol. The lowest BCUT2D eigenvalue weighted by Crippen LogP contribution is -2.34. The van der Waals surface area contributed by atoms with Gasteiger partial charge in [0.2, 0.25) is 0 Å². The molecule has 3 rings (SSSR count). The maximum atomic E-state index is 11.9. The lowest BCUT2D eigenvalue weighted by Gasteiger charge is -2.42. The van der Waals surface area contributed by atoms with E-state index in [9.17, 15) is 4.79 Å². The fraction of sp³-hybridized carbons (Fsp3) is 0.929. The van der Waals surface area contributed by atoms with Crippen molar-refractivity contribution in [1.29, 1.82) is 0 Å². The normalized spacial score (nSPS) is 49.9. The molecule has 5 unspecified atom stereocenters. The summed E-state index contributed by atoms with van der Waals surface area (Å²) in [5.41, 5.74) is 0. The first-order valence-corrected chi connectivity index (χ1v) is 6.78. The van der Waals surface area contributed by atoms with E-state index >= 15 is 0 Å². The van der Waals surface area contributed by atoms with Crippen molar-refractivity contribution < 1.29 is 4.79 Å². The molecule has 1 heteroatoms. The van der Waals surface area contributed by atoms with Crippen LogP contribution in [0, 0.1) is 29.6 Å². The van der Waals surface area contributed by atoms with Crippen LogP contribution in [-0.2, 0) is 4.79 Å². The van der Waals surface area contributed by atoms with Crippen molar-refractivity contribution >= 4 is 5.78 Å². The molecule has 0 bridgehead atoms. The molecule has 0 heterocycles. The minimum atomic E-state index is 0.472. The first-order chi connectivity index (χ1) is 7.25. The molecule has 3 aliphatic carbocycles. The minimum absolute atomic E-state index is 0.472. The van der Waals surface area contributed by atoms with E-state index in [2.05, 4.69) is 6.92 Å². The fourth-order valence-corrected chi connectivity index (χ4v) is 4.54. The highest BCUT2D eigenvalue weighted by Crippen LogP contribution is 2.51. The van der Waals surface area contributed by atoms with Gasteiger partial charge in [-0.15, -0.1) is 0 Å². The van der Waals surface area contributed by atoms with Gasteiger partial charge in [0.1, 0.15) is 5.78 Å². The quantitative estimate of drug-likeness (QED) is 0.593. The molecule has 15 heavy (non-hydrogen) atoms. The van der Waals surface area contributed by atoms with E-state index in [1.165, 1.54) is 38.5 Å². The molecule has 0 aliphatic heterocycles. The van der Waals surface area contributed by atoms with E-state index in [1.807, 2.05) is 0 Å². The first-order valence-electron chi connectivity index (χ1n) is 6.78. The topological polar surface area (TPSA) is 17.1 Å². The molecule has 0 spiro atoms. The molecule has 5 atom stereocenters. The standard InChI is InChI=1S/C14H22O/c1-9-6-14(15)13-8-11-5-3-2-4-10(11)7-12(9)13/h9-13H,2-8H2,1H3. The van der Waals surface area contributed by atoms with Gasteiger partial charge in [-0.25, -0.2) is 0 Å². The van der Waals surface area contributed by atoms with Crippen molar-refractivity contribution in [1.82, 2.24) is 0 Å². The van der Waals surface area contributed by atoms with E-state index < -0.39 is 0 Å². The Bertz CT molecular complexity index is 271. The number of Topliss-reactive ketones (excluding diaryl/α,β-unsaturated/α-hetero) is 1. The van der Waals surface area contributed by atoms with E-state index in [-0.39, 0.29) is 0 Å². The highest BCUT2D eigenvalue weighted by atomic mass is 16.1. The number of fused-ring (bicyclic) bond motifs is 2. The Kier molecular flexibility index (Phi) is 2.37. The summed E-state index contributed by atoms with van der Waals surface area (Å²) in [4.78, 5) is 11.9. The zero-order valence-electron chi connectivity index (χ0n) is 9.74. The Hall–Kier alpha value is -0.330. The van der Waals surface area contributed by atoms with Crippen molar-refractivity contribution in [3.8, 4) is 0 Å². The van der Waals surface area contributed by atoms with Gasteiger partial charge in [-0.2, -0.15) is 0 Å². The van der Waals surface area contributed by atoms with Gasteiger partial charge in [0.15, 0.2) is 0 Å². The lowest BCUT2D eigenvalue weighted by atomic mass is 9.63. The highest BCUT2D eigenvalue weighted by Gasteiger charge is 2.47. The Morgan fingerprint density at radius 1 is 1.07 bits per heavy atom. The second-order valence-corrected chi connectivity index (χ2v) is 6.19. The highest BCUT2D eigenvalue weighted by molar-refractivity contribution is 5.84. The maximum absolute atomic E-state index is 11.9. The molecule has 0 amide bonds. The van der Waals surface area contributed by atoms with Gasteiger partial charge >= 0.3 is 0 Å². The van der Waals surface area contributed by atoms with Crippen LogP contribution < -0.4 is 0 Å². The number of ketones is 1. The Balaban J connectivity index is 1.78. The molecular formula is C14H22O. The molecule has 0 aromatic heterocycles. The monoisotopic (exact) mass is 206 g/mol. The van der Waals surface area contributed by atoms with Crippen molar-refractivity contribution in [3.05, 3.63) is 0 Å². The molecule has 3 saturated carbocycles. The predicted octanol–water partition coefficient (Wildman–Crippen LogP) is 3.43. The van der Waals surface area contributed by atoms with Gasteiger partial charge in [0.25, 0.3) is 0 Å². The smallest absolute Gasteiger partial charge is 0.136 e. The lowest BCUT2D eigenvalue weighted by molar-refractivity contribution is -0.123. The zero-order chi connectivity index (χ0) is 10.4. The van der Waals surface area contributed by atoms with Gasteiger partial charge in [0.05, 0.1) is 0 Å². The van der Waals surface area contributed by atoms with E-state index in [0.717, 1.165) is 24.2 Å². The largest absolute Gasteiger partial charge is 0.299 e. The Morgan fingerprint density at radius 2 is 1.73 bits per heavy atom. The third kappa shape index (κ3) is 1.55. The molecule has 84 valence electrons. The average molecular weight is 206 g/mol. The van der Waals surface area contributed by atoms with Crippen molar-refractivity contribution in [3.63, 3.8) is 0 Å². The number of hydrogen-bond donors (Lipinski definition) is 0. The van der Waals surface area contributed by atoms with Crippen LogP contribution in [0.3, 0.4) is 0 Å². The van der Waals surface area contributed by atoms with Crippen LogP contribution in [-0.4, -0.2) is 5.78 Å². The zero-order valence-corrected chi connectivity index (χ0v) is 9.74. The third-order valence-corrected chi connectivity index (χ3v) is 5.38. The van der Waals surface area contributed by atoms with E-state index in [0.29, 0.717) is 17.6 Å². The predicted molar refractivity (Wildman–Crippen MR) is 60.5 cm³/mol. The molecule has 0 saturated heterocycles. The average Bonchev–Trinajstić information content (AvgIpc) is 2.52. The summed E-state index contributed by atoms with van der Waals surface area (Å²) in [6, 6.07) is 0.